The van der Waals surface area contributed by atoms with E-state index in [0.717, 1.165) is 30.0 Å². The number of aromatic nitrogens is 2. The summed E-state index contributed by atoms with van der Waals surface area (Å²) in [6, 6.07) is 0. The zero-order valence-electron chi connectivity index (χ0n) is 7.89. The highest BCUT2D eigenvalue weighted by molar-refractivity contribution is 5.40. The first-order valence-corrected chi connectivity index (χ1v) is 4.28. The molecule has 0 saturated heterocycles. The first-order chi connectivity index (χ1) is 5.77. The molecule has 0 amide bonds. The van der Waals surface area contributed by atoms with Crippen molar-refractivity contribution in [1.82, 2.24) is 9.97 Å². The summed E-state index contributed by atoms with van der Waals surface area (Å²) in [7, 11) is 1.88. The van der Waals surface area contributed by atoms with Crippen molar-refractivity contribution in [3.8, 4) is 0 Å². The molecule has 1 aromatic heterocycles. The van der Waals surface area contributed by atoms with E-state index in [1.165, 1.54) is 0 Å². The molecule has 0 saturated carbocycles. The largest absolute Gasteiger partial charge is 0.373 e. The number of nitrogens with zero attached hydrogens (tertiary/aromatic N) is 2. The van der Waals surface area contributed by atoms with E-state index in [0.29, 0.717) is 0 Å². The summed E-state index contributed by atoms with van der Waals surface area (Å²) in [4.78, 5) is 8.58. The molecule has 3 nitrogen and oxygen atoms in total. The maximum Gasteiger partial charge on any atom is 0.132 e. The minimum atomic E-state index is 0.924. The van der Waals surface area contributed by atoms with Gasteiger partial charge in [-0.05, 0) is 13.3 Å². The maximum atomic E-state index is 4.36. The molecule has 0 spiro atoms. The van der Waals surface area contributed by atoms with Gasteiger partial charge < -0.3 is 5.32 Å². The van der Waals surface area contributed by atoms with Crippen LogP contribution in [0.2, 0.25) is 0 Å². The third kappa shape index (κ3) is 1.94. The SMILES string of the molecule is CCCc1ncc(C)c(NC)n1. The minimum absolute atomic E-state index is 0.924. The number of rotatable bonds is 3. The van der Waals surface area contributed by atoms with Crippen LogP contribution in [0.3, 0.4) is 0 Å². The highest BCUT2D eigenvalue weighted by Gasteiger charge is 1.99. The second-order valence-electron chi connectivity index (χ2n) is 2.82. The number of aryl methyl sites for hydroxylation is 2. The summed E-state index contributed by atoms with van der Waals surface area (Å²) < 4.78 is 0. The molecule has 3 heteroatoms. The molecule has 0 fully saturated rings. The predicted octanol–water partition coefficient (Wildman–Crippen LogP) is 1.78. The van der Waals surface area contributed by atoms with E-state index in [4.69, 9.17) is 0 Å². The molecule has 0 aliphatic heterocycles. The van der Waals surface area contributed by atoms with Crippen molar-refractivity contribution in [3.05, 3.63) is 17.6 Å². The number of anilines is 1. The van der Waals surface area contributed by atoms with Gasteiger partial charge in [0.25, 0.3) is 0 Å². The maximum absolute atomic E-state index is 4.36. The van der Waals surface area contributed by atoms with Crippen LogP contribution < -0.4 is 5.32 Å². The van der Waals surface area contributed by atoms with Crippen LogP contribution in [-0.4, -0.2) is 17.0 Å². The van der Waals surface area contributed by atoms with Crippen molar-refractivity contribution in [2.75, 3.05) is 12.4 Å². The Labute approximate surface area is 73.2 Å². The van der Waals surface area contributed by atoms with E-state index < -0.39 is 0 Å². The second kappa shape index (κ2) is 4.04. The van der Waals surface area contributed by atoms with Crippen LogP contribution in [-0.2, 0) is 6.42 Å². The Morgan fingerprint density at radius 2 is 2.25 bits per heavy atom. The molecule has 66 valence electrons. The van der Waals surface area contributed by atoms with E-state index in [1.807, 2.05) is 20.2 Å². The van der Waals surface area contributed by atoms with Gasteiger partial charge in [-0.3, -0.25) is 0 Å². The van der Waals surface area contributed by atoms with Gasteiger partial charge in [0.15, 0.2) is 0 Å². The molecule has 0 radical (unpaired) electrons. The van der Waals surface area contributed by atoms with Gasteiger partial charge in [0, 0.05) is 25.2 Å². The summed E-state index contributed by atoms with van der Waals surface area (Å²) in [5, 5.41) is 3.04. The van der Waals surface area contributed by atoms with Gasteiger partial charge >= 0.3 is 0 Å². The van der Waals surface area contributed by atoms with Crippen molar-refractivity contribution in [3.63, 3.8) is 0 Å². The van der Waals surface area contributed by atoms with Crippen LogP contribution in [0.4, 0.5) is 5.82 Å². The zero-order chi connectivity index (χ0) is 8.97. The Morgan fingerprint density at radius 1 is 1.50 bits per heavy atom. The van der Waals surface area contributed by atoms with Crippen LogP contribution in [0.1, 0.15) is 24.7 Å². The first kappa shape index (κ1) is 8.97. The third-order valence-electron chi connectivity index (χ3n) is 1.73. The fourth-order valence-corrected chi connectivity index (χ4v) is 1.08. The van der Waals surface area contributed by atoms with Crippen molar-refractivity contribution in [2.45, 2.75) is 26.7 Å². The lowest BCUT2D eigenvalue weighted by molar-refractivity contribution is 0.832. The smallest absolute Gasteiger partial charge is 0.132 e. The molecule has 0 unspecified atom stereocenters. The van der Waals surface area contributed by atoms with Crippen molar-refractivity contribution in [1.29, 1.82) is 0 Å². The van der Waals surface area contributed by atoms with Crippen LogP contribution in [0.15, 0.2) is 6.20 Å². The normalized spacial score (nSPS) is 9.92. The summed E-state index contributed by atoms with van der Waals surface area (Å²) >= 11 is 0. The third-order valence-corrected chi connectivity index (χ3v) is 1.73. The number of hydrogen-bond donors (Lipinski definition) is 1. The number of nitrogens with one attached hydrogen (secondary N) is 1. The predicted molar refractivity (Wildman–Crippen MR) is 50.3 cm³/mol. The lowest BCUT2D eigenvalue weighted by Gasteiger charge is -2.04. The fraction of sp³-hybridized carbons (Fsp3) is 0.556. The summed E-state index contributed by atoms with van der Waals surface area (Å²) in [6.45, 7) is 4.13. The van der Waals surface area contributed by atoms with Gasteiger partial charge in [0.2, 0.25) is 0 Å². The zero-order valence-corrected chi connectivity index (χ0v) is 7.89. The number of hydrogen-bond acceptors (Lipinski definition) is 3. The molecular weight excluding hydrogens is 150 g/mol. The fourth-order valence-electron chi connectivity index (χ4n) is 1.08. The molecule has 0 aliphatic carbocycles. The highest BCUT2D eigenvalue weighted by atomic mass is 15.0. The minimum Gasteiger partial charge on any atom is -0.373 e. The summed E-state index contributed by atoms with van der Waals surface area (Å²) in [6.07, 6.45) is 3.91. The van der Waals surface area contributed by atoms with Crippen LogP contribution in [0, 0.1) is 6.92 Å². The molecule has 12 heavy (non-hydrogen) atoms. The molecular formula is C9H15N3. The van der Waals surface area contributed by atoms with Crippen LogP contribution in [0.25, 0.3) is 0 Å². The van der Waals surface area contributed by atoms with E-state index in [1.54, 1.807) is 0 Å². The molecule has 1 rings (SSSR count). The summed E-state index contributed by atoms with van der Waals surface area (Å²) in [5.41, 5.74) is 1.09. The second-order valence-corrected chi connectivity index (χ2v) is 2.82. The van der Waals surface area contributed by atoms with Gasteiger partial charge in [-0.15, -0.1) is 0 Å². The van der Waals surface area contributed by atoms with E-state index >= 15 is 0 Å². The lowest BCUT2D eigenvalue weighted by Crippen LogP contribution is -2.01. The van der Waals surface area contributed by atoms with Gasteiger partial charge in [0.05, 0.1) is 0 Å². The van der Waals surface area contributed by atoms with Crippen LogP contribution in [0.5, 0.6) is 0 Å². The standard InChI is InChI=1S/C9H15N3/c1-4-5-8-11-6-7(2)9(10-3)12-8/h6H,4-5H2,1-3H3,(H,10,11,12). The van der Waals surface area contributed by atoms with Gasteiger partial charge in [-0.1, -0.05) is 6.92 Å². The molecule has 0 aromatic carbocycles. The molecule has 0 aliphatic rings. The van der Waals surface area contributed by atoms with E-state index in [9.17, 15) is 0 Å². The van der Waals surface area contributed by atoms with E-state index in [2.05, 4.69) is 22.2 Å². The average Bonchev–Trinajstić information content (AvgIpc) is 2.09. The Hall–Kier alpha value is -1.12. The Balaban J connectivity index is 2.89. The molecule has 0 bridgehead atoms. The molecule has 0 atom stereocenters. The average molecular weight is 165 g/mol. The lowest BCUT2D eigenvalue weighted by atomic mass is 10.3. The van der Waals surface area contributed by atoms with Crippen molar-refractivity contribution < 1.29 is 0 Å². The van der Waals surface area contributed by atoms with Crippen molar-refractivity contribution >= 4 is 5.82 Å². The molecule has 1 N–H and O–H groups in total. The monoisotopic (exact) mass is 165 g/mol. The Morgan fingerprint density at radius 3 is 2.83 bits per heavy atom. The topological polar surface area (TPSA) is 37.8 Å². The summed E-state index contributed by atoms with van der Waals surface area (Å²) in [5.74, 6) is 1.86. The van der Waals surface area contributed by atoms with Crippen LogP contribution >= 0.6 is 0 Å². The van der Waals surface area contributed by atoms with Crippen molar-refractivity contribution in [2.24, 2.45) is 0 Å². The highest BCUT2D eigenvalue weighted by Crippen LogP contribution is 2.09. The molecule has 1 aromatic rings. The van der Waals surface area contributed by atoms with Gasteiger partial charge in [0.1, 0.15) is 11.6 Å². The van der Waals surface area contributed by atoms with Gasteiger partial charge in [-0.25, -0.2) is 9.97 Å². The first-order valence-electron chi connectivity index (χ1n) is 4.28. The Kier molecular flexibility index (Phi) is 3.02. The van der Waals surface area contributed by atoms with E-state index in [-0.39, 0.29) is 0 Å². The Bertz CT molecular complexity index is 258. The quantitative estimate of drug-likeness (QED) is 0.741. The van der Waals surface area contributed by atoms with Gasteiger partial charge in [-0.2, -0.15) is 0 Å². The molecule has 1 heterocycles.